The number of hydrogen-bond donors (Lipinski definition) is 0. The highest BCUT2D eigenvalue weighted by molar-refractivity contribution is 5.74. The van der Waals surface area contributed by atoms with Crippen LogP contribution in [0.15, 0.2) is 84.9 Å². The summed E-state index contributed by atoms with van der Waals surface area (Å²) in [6, 6.07) is 15.4. The number of rotatable bonds is 12. The first-order valence-corrected chi connectivity index (χ1v) is 14.6. The van der Waals surface area contributed by atoms with Crippen molar-refractivity contribution < 1.29 is 54.2 Å². The first kappa shape index (κ1) is 35.1. The average Bonchev–Trinajstić information content (AvgIpc) is 3.00. The van der Waals surface area contributed by atoms with Gasteiger partial charge in [0.2, 0.25) is 0 Å². The van der Waals surface area contributed by atoms with E-state index in [2.05, 4.69) is 0 Å². The Morgan fingerprint density at radius 3 is 1.15 bits per heavy atom. The van der Waals surface area contributed by atoms with E-state index < -0.39 is 47.1 Å². The molecule has 0 bridgehead atoms. The largest absolute Gasteiger partial charge is 0.426 e. The van der Waals surface area contributed by atoms with Gasteiger partial charge in [0.25, 0.3) is 0 Å². The molecule has 0 aliphatic rings. The number of carbonyl (C=O) groups excluding carboxylic acids is 2. The summed E-state index contributed by atoms with van der Waals surface area (Å²) in [5.41, 5.74) is -1.10. The van der Waals surface area contributed by atoms with E-state index in [0.717, 1.165) is 60.7 Å². The molecule has 0 aliphatic carbocycles. The Kier molecular flexibility index (Phi) is 11.4. The third-order valence-corrected chi connectivity index (χ3v) is 7.15. The molecule has 0 aliphatic heterocycles. The summed E-state index contributed by atoms with van der Waals surface area (Å²) in [7, 11) is 0. The van der Waals surface area contributed by atoms with Crippen molar-refractivity contribution in [3.05, 3.63) is 108 Å². The van der Waals surface area contributed by atoms with Crippen LogP contribution in [0.2, 0.25) is 0 Å². The van der Waals surface area contributed by atoms with E-state index in [1.54, 1.807) is 0 Å². The van der Waals surface area contributed by atoms with Gasteiger partial charge in [-0.15, -0.1) is 0 Å². The number of alkyl halides is 6. The number of hydrogen-bond acceptors (Lipinski definition) is 4. The number of halogens is 8. The molecule has 0 saturated heterocycles. The van der Waals surface area contributed by atoms with Gasteiger partial charge in [0.05, 0.1) is 11.1 Å². The Morgan fingerprint density at radius 2 is 0.830 bits per heavy atom. The van der Waals surface area contributed by atoms with E-state index in [1.165, 1.54) is 24.3 Å². The van der Waals surface area contributed by atoms with Crippen LogP contribution < -0.4 is 9.47 Å². The normalized spacial score (nSPS) is 11.7. The van der Waals surface area contributed by atoms with Gasteiger partial charge >= 0.3 is 24.3 Å². The molecular weight excluding hydrogens is 636 g/mol. The number of carbonyl (C=O) groups is 2. The second kappa shape index (κ2) is 15.2. The summed E-state index contributed by atoms with van der Waals surface area (Å²) < 4.78 is 116. The molecule has 0 radical (unpaired) electrons. The fraction of sp³-hybridized carbons (Fsp3) is 0.257. The van der Waals surface area contributed by atoms with Crippen molar-refractivity contribution in [2.45, 2.75) is 57.3 Å². The van der Waals surface area contributed by atoms with Gasteiger partial charge in [-0.3, -0.25) is 9.59 Å². The van der Waals surface area contributed by atoms with Crippen molar-refractivity contribution in [3.63, 3.8) is 0 Å². The molecule has 0 amide bonds. The van der Waals surface area contributed by atoms with E-state index in [0.29, 0.717) is 32.1 Å². The van der Waals surface area contributed by atoms with Gasteiger partial charge in [-0.05, 0) is 72.5 Å². The smallest absolute Gasteiger partial charge is 0.416 e. The maximum atomic E-state index is 14.6. The molecule has 4 nitrogen and oxygen atoms in total. The van der Waals surface area contributed by atoms with Gasteiger partial charge < -0.3 is 9.47 Å². The Bertz CT molecular complexity index is 1550. The molecule has 4 aromatic carbocycles. The first-order valence-electron chi connectivity index (χ1n) is 14.6. The minimum atomic E-state index is -4.51. The van der Waals surface area contributed by atoms with Crippen LogP contribution in [-0.4, -0.2) is 11.9 Å². The topological polar surface area (TPSA) is 52.6 Å². The fourth-order valence-electron chi connectivity index (χ4n) is 4.70. The minimum Gasteiger partial charge on any atom is -0.426 e. The summed E-state index contributed by atoms with van der Waals surface area (Å²) in [6.45, 7) is 0. The monoisotopic (exact) mass is 664 g/mol. The van der Waals surface area contributed by atoms with E-state index in [9.17, 15) is 44.7 Å². The summed E-state index contributed by atoms with van der Waals surface area (Å²) in [5, 5.41) is 0. The third-order valence-electron chi connectivity index (χ3n) is 7.15. The van der Waals surface area contributed by atoms with Gasteiger partial charge in [-0.25, -0.2) is 8.78 Å². The molecule has 0 aromatic heterocycles. The van der Waals surface area contributed by atoms with Crippen molar-refractivity contribution in [3.8, 4) is 33.8 Å². The van der Waals surface area contributed by atoms with E-state index >= 15 is 0 Å². The maximum Gasteiger partial charge on any atom is 0.416 e. The summed E-state index contributed by atoms with van der Waals surface area (Å²) in [4.78, 5) is 24.3. The van der Waals surface area contributed by atoms with Gasteiger partial charge in [-0.2, -0.15) is 26.3 Å². The van der Waals surface area contributed by atoms with E-state index in [4.69, 9.17) is 9.47 Å². The second-order valence-corrected chi connectivity index (χ2v) is 10.6. The van der Waals surface area contributed by atoms with E-state index in [-0.39, 0.29) is 46.6 Å². The lowest BCUT2D eigenvalue weighted by atomic mass is 10.0. The van der Waals surface area contributed by atoms with Crippen LogP contribution in [0.25, 0.3) is 22.3 Å². The van der Waals surface area contributed by atoms with Crippen LogP contribution in [0.4, 0.5) is 35.1 Å². The summed E-state index contributed by atoms with van der Waals surface area (Å²) in [6.07, 6.45) is -5.89. The van der Waals surface area contributed by atoms with Crippen LogP contribution in [0.3, 0.4) is 0 Å². The number of benzene rings is 4. The maximum absolute atomic E-state index is 14.6. The van der Waals surface area contributed by atoms with Crippen molar-refractivity contribution in [1.82, 2.24) is 0 Å². The predicted molar refractivity (Wildman–Crippen MR) is 157 cm³/mol. The van der Waals surface area contributed by atoms with Crippen LogP contribution in [0, 0.1) is 11.6 Å². The molecular formula is C35H28F8O4. The zero-order chi connectivity index (χ0) is 34.2. The van der Waals surface area contributed by atoms with Crippen LogP contribution in [0.5, 0.6) is 11.5 Å². The van der Waals surface area contributed by atoms with Crippen LogP contribution >= 0.6 is 0 Å². The molecule has 0 heterocycles. The van der Waals surface area contributed by atoms with Crippen LogP contribution in [0.1, 0.15) is 56.1 Å². The lowest BCUT2D eigenvalue weighted by molar-refractivity contribution is -0.138. The Labute approximate surface area is 264 Å². The molecule has 248 valence electrons. The van der Waals surface area contributed by atoms with Crippen molar-refractivity contribution >= 4 is 11.9 Å². The Hall–Kier alpha value is -4.74. The highest BCUT2D eigenvalue weighted by atomic mass is 19.4. The Balaban J connectivity index is 1.12. The number of ether oxygens (including phenoxy) is 2. The van der Waals surface area contributed by atoms with Crippen molar-refractivity contribution in [2.75, 3.05) is 0 Å². The zero-order valence-electron chi connectivity index (χ0n) is 24.7. The molecule has 47 heavy (non-hydrogen) atoms. The van der Waals surface area contributed by atoms with E-state index in [1.807, 2.05) is 0 Å². The SMILES string of the molecule is O=C(CCCCCCCC(=O)Oc1ccc(-c2ccc(C(F)(F)F)cc2)c(F)c1)Oc1ccc(-c2ccc(C(F)(F)F)cc2)c(F)c1. The molecule has 4 rings (SSSR count). The summed E-state index contributed by atoms with van der Waals surface area (Å²) >= 11 is 0. The lowest BCUT2D eigenvalue weighted by Crippen LogP contribution is -2.08. The van der Waals surface area contributed by atoms with Gasteiger partial charge in [0, 0.05) is 36.1 Å². The second-order valence-electron chi connectivity index (χ2n) is 10.6. The molecule has 4 aromatic rings. The Morgan fingerprint density at radius 1 is 0.489 bits per heavy atom. The van der Waals surface area contributed by atoms with Crippen molar-refractivity contribution in [1.29, 1.82) is 0 Å². The minimum absolute atomic E-state index is 0.0317. The number of unbranched alkanes of at least 4 members (excludes halogenated alkanes) is 4. The predicted octanol–water partition coefficient (Wildman–Crippen LogP) is 10.6. The number of esters is 2. The molecule has 0 saturated carbocycles. The fourth-order valence-corrected chi connectivity index (χ4v) is 4.70. The van der Waals surface area contributed by atoms with Gasteiger partial charge in [0.1, 0.15) is 23.1 Å². The molecule has 12 heteroatoms. The zero-order valence-corrected chi connectivity index (χ0v) is 24.7. The van der Waals surface area contributed by atoms with Gasteiger partial charge in [0.15, 0.2) is 0 Å². The summed E-state index contributed by atoms with van der Waals surface area (Å²) in [5.74, 6) is -2.73. The highest BCUT2D eigenvalue weighted by Crippen LogP contribution is 2.34. The standard InChI is InChI=1S/C35H28F8O4/c36-30-20-26(16-18-28(30)22-8-12-24(13-9-22)34(38,39)40)46-32(44)6-4-2-1-3-5-7-33(45)47-27-17-19-29(31(37)21-27)23-10-14-25(15-11-23)35(41,42)43/h8-21H,1-7H2. The molecule has 0 unspecified atom stereocenters. The first-order chi connectivity index (χ1) is 22.2. The average molecular weight is 665 g/mol. The quantitative estimate of drug-likeness (QED) is 0.0655. The lowest BCUT2D eigenvalue weighted by Gasteiger charge is -2.10. The van der Waals surface area contributed by atoms with Crippen molar-refractivity contribution in [2.24, 2.45) is 0 Å². The third kappa shape index (κ3) is 10.1. The highest BCUT2D eigenvalue weighted by Gasteiger charge is 2.31. The molecule has 0 N–H and O–H groups in total. The van der Waals surface area contributed by atoms with Gasteiger partial charge in [-0.1, -0.05) is 43.5 Å². The molecule has 0 spiro atoms. The molecule has 0 atom stereocenters. The molecule has 0 fully saturated rings. The van der Waals surface area contributed by atoms with Crippen LogP contribution in [-0.2, 0) is 21.9 Å².